The van der Waals surface area contributed by atoms with E-state index in [-0.39, 0.29) is 6.54 Å². The lowest BCUT2D eigenvalue weighted by atomic mass is 10.1. The Hall–Kier alpha value is -2.50. The molecular formula is C17H19FN2O3. The topological polar surface area (TPSA) is 68.3 Å². The Morgan fingerprint density at radius 1 is 1.26 bits per heavy atom. The monoisotopic (exact) mass is 318 g/mol. The van der Waals surface area contributed by atoms with Crippen LogP contribution in [-0.4, -0.2) is 29.0 Å². The number of hydrogen-bond donors (Lipinski definition) is 1. The van der Waals surface area contributed by atoms with Gasteiger partial charge in [-0.2, -0.15) is 0 Å². The molecule has 1 heterocycles. The number of ether oxygens (including phenoxy) is 1. The highest BCUT2D eigenvalue weighted by atomic mass is 19.1. The lowest BCUT2D eigenvalue weighted by molar-refractivity contribution is -0.153. The molecule has 0 radical (unpaired) electrons. The number of carbonyl (C=O) groups is 2. The van der Waals surface area contributed by atoms with E-state index in [1.807, 2.05) is 0 Å². The van der Waals surface area contributed by atoms with Gasteiger partial charge in [-0.1, -0.05) is 6.07 Å². The Labute approximate surface area is 133 Å². The van der Waals surface area contributed by atoms with Crippen molar-refractivity contribution in [3.63, 3.8) is 0 Å². The molecule has 0 aliphatic carbocycles. The maximum absolute atomic E-state index is 12.8. The molecule has 0 fully saturated rings. The zero-order valence-corrected chi connectivity index (χ0v) is 13.4. The summed E-state index contributed by atoms with van der Waals surface area (Å²) in [6.45, 7) is 4.40. The first-order valence-corrected chi connectivity index (χ1v) is 7.24. The van der Waals surface area contributed by atoms with Crippen LogP contribution < -0.4 is 5.32 Å². The average molecular weight is 318 g/mol. The highest BCUT2D eigenvalue weighted by molar-refractivity contribution is 6.06. The van der Waals surface area contributed by atoms with Crippen molar-refractivity contribution in [2.45, 2.75) is 33.0 Å². The molecule has 5 nitrogen and oxygen atoms in total. The summed E-state index contributed by atoms with van der Waals surface area (Å²) in [5.74, 6) is -0.951. The van der Waals surface area contributed by atoms with E-state index in [2.05, 4.69) is 10.3 Å². The van der Waals surface area contributed by atoms with Crippen LogP contribution in [0.2, 0.25) is 0 Å². The van der Waals surface area contributed by atoms with Gasteiger partial charge in [0.15, 0.2) is 0 Å². The number of benzene rings is 1. The number of carbonyl (C=O) groups excluding carboxylic acids is 2. The predicted octanol–water partition coefficient (Wildman–Crippen LogP) is 2.78. The average Bonchev–Trinajstić information content (AvgIpc) is 2.49. The molecule has 0 aliphatic rings. The first kappa shape index (κ1) is 16.9. The van der Waals surface area contributed by atoms with Crippen LogP contribution in [0.4, 0.5) is 4.39 Å². The second-order valence-corrected chi connectivity index (χ2v) is 6.11. The lowest BCUT2D eigenvalue weighted by Gasteiger charge is -2.19. The Balaban J connectivity index is 2.16. The van der Waals surface area contributed by atoms with Crippen molar-refractivity contribution in [1.82, 2.24) is 10.3 Å². The highest BCUT2D eigenvalue weighted by Gasteiger charge is 2.18. The molecule has 6 heteroatoms. The summed E-state index contributed by atoms with van der Waals surface area (Å²) in [5.41, 5.74) is 0.786. The molecule has 122 valence electrons. The molecule has 0 bridgehead atoms. The molecule has 0 saturated carbocycles. The number of halogens is 1. The van der Waals surface area contributed by atoms with Crippen LogP contribution >= 0.6 is 0 Å². The van der Waals surface area contributed by atoms with Gasteiger partial charge in [-0.25, -0.2) is 4.39 Å². The fourth-order valence-electron chi connectivity index (χ4n) is 2.10. The summed E-state index contributed by atoms with van der Waals surface area (Å²) < 4.78 is 17.9. The smallest absolute Gasteiger partial charge is 0.325 e. The van der Waals surface area contributed by atoms with Crippen molar-refractivity contribution >= 4 is 22.8 Å². The number of esters is 1. The quantitative estimate of drug-likeness (QED) is 0.880. The maximum Gasteiger partial charge on any atom is 0.325 e. The number of amides is 1. The minimum absolute atomic E-state index is 0.233. The van der Waals surface area contributed by atoms with Crippen LogP contribution in [-0.2, 0) is 16.2 Å². The van der Waals surface area contributed by atoms with Crippen LogP contribution in [0.5, 0.6) is 0 Å². The number of nitrogens with one attached hydrogen (secondary N) is 1. The zero-order valence-electron chi connectivity index (χ0n) is 13.4. The number of pyridine rings is 1. The normalized spacial score (nSPS) is 11.3. The molecule has 0 spiro atoms. The highest BCUT2D eigenvalue weighted by Crippen LogP contribution is 2.19. The van der Waals surface area contributed by atoms with Gasteiger partial charge in [-0.05, 0) is 44.5 Å². The van der Waals surface area contributed by atoms with E-state index in [0.29, 0.717) is 22.0 Å². The Morgan fingerprint density at radius 2 is 2.00 bits per heavy atom. The summed E-state index contributed by atoms with van der Waals surface area (Å²) in [5, 5.41) is 3.06. The van der Waals surface area contributed by atoms with Crippen molar-refractivity contribution in [1.29, 1.82) is 0 Å². The number of alkyl halides is 1. The fourth-order valence-corrected chi connectivity index (χ4v) is 2.10. The van der Waals surface area contributed by atoms with E-state index >= 15 is 0 Å². The Kier molecular flexibility index (Phi) is 4.93. The van der Waals surface area contributed by atoms with Crippen LogP contribution in [0.15, 0.2) is 30.5 Å². The molecule has 0 aliphatic heterocycles. The van der Waals surface area contributed by atoms with Crippen molar-refractivity contribution in [2.24, 2.45) is 0 Å². The van der Waals surface area contributed by atoms with Gasteiger partial charge in [-0.15, -0.1) is 0 Å². The SMILES string of the molecule is CC(C)(C)OC(=O)CNC(=O)c1ccnc2ccc(CF)cc12. The number of fused-ring (bicyclic) bond motifs is 1. The van der Waals surface area contributed by atoms with Gasteiger partial charge >= 0.3 is 5.97 Å². The first-order chi connectivity index (χ1) is 10.8. The third-order valence-corrected chi connectivity index (χ3v) is 3.02. The zero-order chi connectivity index (χ0) is 17.0. The minimum atomic E-state index is -0.621. The van der Waals surface area contributed by atoms with Crippen molar-refractivity contribution in [3.05, 3.63) is 41.6 Å². The Morgan fingerprint density at radius 3 is 2.65 bits per heavy atom. The van der Waals surface area contributed by atoms with Crippen LogP contribution in [0.3, 0.4) is 0 Å². The molecule has 1 aromatic heterocycles. The Bertz CT molecular complexity index is 738. The van der Waals surface area contributed by atoms with E-state index in [0.717, 1.165) is 0 Å². The number of aromatic nitrogens is 1. The van der Waals surface area contributed by atoms with Crippen molar-refractivity contribution in [3.8, 4) is 0 Å². The standard InChI is InChI=1S/C17H19FN2O3/c1-17(2,3)23-15(21)10-20-16(22)12-6-7-19-14-5-4-11(9-18)8-13(12)14/h4-8H,9-10H2,1-3H3,(H,20,22). The number of rotatable bonds is 4. The molecular weight excluding hydrogens is 299 g/mol. The summed E-state index contributed by atoms with van der Waals surface area (Å²) in [6, 6.07) is 6.41. The maximum atomic E-state index is 12.8. The van der Waals surface area contributed by atoms with Gasteiger partial charge < -0.3 is 10.1 Å². The van der Waals surface area contributed by atoms with E-state index < -0.39 is 24.2 Å². The molecule has 0 unspecified atom stereocenters. The third-order valence-electron chi connectivity index (χ3n) is 3.02. The van der Waals surface area contributed by atoms with Crippen molar-refractivity contribution in [2.75, 3.05) is 6.54 Å². The van der Waals surface area contributed by atoms with Gasteiger partial charge in [0, 0.05) is 11.6 Å². The second kappa shape index (κ2) is 6.73. The third kappa shape index (κ3) is 4.48. The van der Waals surface area contributed by atoms with Gasteiger partial charge in [0.1, 0.15) is 18.8 Å². The van der Waals surface area contributed by atoms with Gasteiger partial charge in [0.05, 0.1) is 11.1 Å². The van der Waals surface area contributed by atoms with Gasteiger partial charge in [0.2, 0.25) is 0 Å². The molecule has 2 rings (SSSR count). The molecule has 23 heavy (non-hydrogen) atoms. The fraction of sp³-hybridized carbons (Fsp3) is 0.353. The summed E-state index contributed by atoms with van der Waals surface area (Å²) >= 11 is 0. The molecule has 1 amide bonds. The summed E-state index contributed by atoms with van der Waals surface area (Å²) in [4.78, 5) is 28.1. The molecule has 1 aromatic carbocycles. The van der Waals surface area contributed by atoms with E-state index in [1.54, 1.807) is 39.0 Å². The van der Waals surface area contributed by atoms with Crippen molar-refractivity contribution < 1.29 is 18.7 Å². The van der Waals surface area contributed by atoms with Gasteiger partial charge in [-0.3, -0.25) is 14.6 Å². The molecule has 0 saturated heterocycles. The molecule has 2 aromatic rings. The second-order valence-electron chi connectivity index (χ2n) is 6.11. The lowest BCUT2D eigenvalue weighted by Crippen LogP contribution is -2.34. The molecule has 1 N–H and O–H groups in total. The molecule has 0 atom stereocenters. The largest absolute Gasteiger partial charge is 0.459 e. The van der Waals surface area contributed by atoms with E-state index in [1.165, 1.54) is 12.3 Å². The van der Waals surface area contributed by atoms with Crippen LogP contribution in [0.1, 0.15) is 36.7 Å². The van der Waals surface area contributed by atoms with Crippen LogP contribution in [0.25, 0.3) is 10.9 Å². The minimum Gasteiger partial charge on any atom is -0.459 e. The summed E-state index contributed by atoms with van der Waals surface area (Å²) in [6.07, 6.45) is 1.50. The predicted molar refractivity (Wildman–Crippen MR) is 84.7 cm³/mol. The van der Waals surface area contributed by atoms with Crippen LogP contribution in [0, 0.1) is 0 Å². The summed E-state index contributed by atoms with van der Waals surface area (Å²) in [7, 11) is 0. The number of hydrogen-bond acceptors (Lipinski definition) is 4. The van der Waals surface area contributed by atoms with E-state index in [9.17, 15) is 14.0 Å². The number of nitrogens with zero attached hydrogens (tertiary/aromatic N) is 1. The first-order valence-electron chi connectivity index (χ1n) is 7.24. The van der Waals surface area contributed by atoms with Gasteiger partial charge in [0.25, 0.3) is 5.91 Å². The van der Waals surface area contributed by atoms with E-state index in [4.69, 9.17) is 4.74 Å².